The van der Waals surface area contributed by atoms with Gasteiger partial charge in [-0.3, -0.25) is 34.6 Å². The van der Waals surface area contributed by atoms with Crippen molar-refractivity contribution in [1.82, 2.24) is 46.2 Å². The Morgan fingerprint density at radius 1 is 1.21 bits per heavy atom. The largest absolute Gasteiger partial charge is 0.345 e. The highest BCUT2D eigenvalue weighted by atomic mass is 19.1. The van der Waals surface area contributed by atoms with E-state index < -0.39 is 6.17 Å². The molecule has 4 rings (SSSR count). The van der Waals surface area contributed by atoms with Gasteiger partial charge in [-0.15, -0.1) is 10.6 Å². The van der Waals surface area contributed by atoms with Crippen LogP contribution in [0.2, 0.25) is 0 Å². The van der Waals surface area contributed by atoms with Crippen LogP contribution < -0.4 is 21.6 Å². The molecule has 13 heteroatoms. The molecule has 0 unspecified atom stereocenters. The number of rotatable bonds is 11. The number of hydrogen-bond acceptors (Lipinski definition) is 9. The van der Waals surface area contributed by atoms with Crippen LogP contribution >= 0.6 is 0 Å². The van der Waals surface area contributed by atoms with Gasteiger partial charge in [-0.05, 0) is 25.0 Å². The van der Waals surface area contributed by atoms with Crippen molar-refractivity contribution in [3.63, 3.8) is 0 Å². The van der Waals surface area contributed by atoms with E-state index in [0.717, 1.165) is 18.5 Å². The Morgan fingerprint density at radius 3 is 2.85 bits per heavy atom. The quantitative estimate of drug-likeness (QED) is 0.330. The molecular weight excluding hydrogens is 431 g/mol. The third-order valence-corrected chi connectivity index (χ3v) is 5.14. The summed E-state index contributed by atoms with van der Waals surface area (Å²) in [7, 11) is 0. The second-order valence-electron chi connectivity index (χ2n) is 7.89. The summed E-state index contributed by atoms with van der Waals surface area (Å²) >= 11 is 0. The molecule has 0 radical (unpaired) electrons. The van der Waals surface area contributed by atoms with Crippen molar-refractivity contribution >= 4 is 17.6 Å². The van der Waals surface area contributed by atoms with Crippen molar-refractivity contribution in [2.24, 2.45) is 0 Å². The van der Waals surface area contributed by atoms with Crippen molar-refractivity contribution in [1.29, 1.82) is 0 Å². The van der Waals surface area contributed by atoms with Crippen LogP contribution in [-0.4, -0.2) is 74.1 Å². The lowest BCUT2D eigenvalue weighted by Gasteiger charge is -2.33. The number of aromatic nitrogens is 4. The van der Waals surface area contributed by atoms with Gasteiger partial charge in [0, 0.05) is 38.6 Å². The van der Waals surface area contributed by atoms with Crippen LogP contribution in [0.25, 0.3) is 0 Å². The standard InChI is InChI=1S/C20H27FN10O2/c21-15-10-29(11-15)14-19(32)24-18-13-31(28-26-18)8-4-3-7-30-12-17(25-27-30)20(33)23-9-16-5-1-2-6-22-16/h1-2,5-6,12-13,15,25,27H,3-4,7-11,14H2,(H,23,33)(H,24,32). The Bertz CT molecular complexity index is 976. The maximum Gasteiger partial charge on any atom is 0.270 e. The van der Waals surface area contributed by atoms with Gasteiger partial charge in [0.1, 0.15) is 11.9 Å². The van der Waals surface area contributed by atoms with Gasteiger partial charge in [0.25, 0.3) is 5.91 Å². The number of hydrazine groups is 2. The van der Waals surface area contributed by atoms with Gasteiger partial charge >= 0.3 is 0 Å². The molecule has 176 valence electrons. The number of likely N-dealkylation sites (tertiary alicyclic amines) is 1. The molecule has 2 amide bonds. The van der Waals surface area contributed by atoms with Crippen LogP contribution in [0, 0.1) is 0 Å². The highest BCUT2D eigenvalue weighted by Gasteiger charge is 2.27. The van der Waals surface area contributed by atoms with Gasteiger partial charge in [0.05, 0.1) is 25.0 Å². The van der Waals surface area contributed by atoms with Crippen LogP contribution in [0.4, 0.5) is 10.2 Å². The monoisotopic (exact) mass is 458 g/mol. The maximum atomic E-state index is 12.8. The molecule has 2 aromatic heterocycles. The summed E-state index contributed by atoms with van der Waals surface area (Å²) in [6.45, 7) is 2.44. The van der Waals surface area contributed by atoms with Crippen LogP contribution in [0.15, 0.2) is 42.5 Å². The zero-order valence-electron chi connectivity index (χ0n) is 18.1. The molecule has 4 heterocycles. The molecule has 33 heavy (non-hydrogen) atoms. The highest BCUT2D eigenvalue weighted by molar-refractivity contribution is 5.92. The maximum absolute atomic E-state index is 12.8. The molecule has 1 fully saturated rings. The number of carbonyl (C=O) groups is 2. The molecule has 1 saturated heterocycles. The average molecular weight is 459 g/mol. The molecule has 2 aliphatic rings. The van der Waals surface area contributed by atoms with Crippen LogP contribution in [-0.2, 0) is 22.7 Å². The van der Waals surface area contributed by atoms with E-state index in [-0.39, 0.29) is 18.4 Å². The van der Waals surface area contributed by atoms with Gasteiger partial charge in [0.2, 0.25) is 5.91 Å². The van der Waals surface area contributed by atoms with E-state index >= 15 is 0 Å². The average Bonchev–Trinajstić information content (AvgIpc) is 3.44. The van der Waals surface area contributed by atoms with Crippen molar-refractivity contribution in [3.05, 3.63) is 48.2 Å². The molecule has 12 nitrogen and oxygen atoms in total. The summed E-state index contributed by atoms with van der Waals surface area (Å²) in [6.07, 6.45) is 5.92. The Balaban J connectivity index is 1.11. The molecule has 0 aromatic carbocycles. The number of hydrogen-bond donors (Lipinski definition) is 4. The third kappa shape index (κ3) is 6.70. The zero-order chi connectivity index (χ0) is 23.0. The number of aryl methyl sites for hydroxylation is 1. The first-order valence-electron chi connectivity index (χ1n) is 10.8. The van der Waals surface area contributed by atoms with E-state index in [2.05, 4.69) is 36.9 Å². The van der Waals surface area contributed by atoms with Crippen molar-refractivity contribution in [2.45, 2.75) is 32.1 Å². The van der Waals surface area contributed by atoms with E-state index in [4.69, 9.17) is 0 Å². The number of nitrogens with one attached hydrogen (secondary N) is 4. The lowest BCUT2D eigenvalue weighted by atomic mass is 10.2. The second kappa shape index (κ2) is 10.8. The number of nitrogens with zero attached hydrogens (tertiary/aromatic N) is 6. The summed E-state index contributed by atoms with van der Waals surface area (Å²) in [5.74, 6) is -0.0632. The van der Waals surface area contributed by atoms with E-state index in [9.17, 15) is 14.0 Å². The Hall–Kier alpha value is -3.58. The van der Waals surface area contributed by atoms with E-state index in [1.165, 1.54) is 0 Å². The number of amides is 2. The van der Waals surface area contributed by atoms with Crippen molar-refractivity contribution < 1.29 is 14.0 Å². The van der Waals surface area contributed by atoms with E-state index in [1.807, 2.05) is 18.2 Å². The number of halogens is 1. The van der Waals surface area contributed by atoms with Crippen LogP contribution in [0.5, 0.6) is 0 Å². The summed E-state index contributed by atoms with van der Waals surface area (Å²) in [5.41, 5.74) is 7.02. The summed E-state index contributed by atoms with van der Waals surface area (Å²) < 4.78 is 14.5. The fourth-order valence-corrected chi connectivity index (χ4v) is 3.40. The van der Waals surface area contributed by atoms with Crippen molar-refractivity contribution in [2.75, 3.05) is 31.5 Å². The minimum Gasteiger partial charge on any atom is -0.345 e. The predicted molar refractivity (Wildman–Crippen MR) is 116 cm³/mol. The van der Waals surface area contributed by atoms with Crippen molar-refractivity contribution in [3.8, 4) is 0 Å². The normalized spacial score (nSPS) is 16.2. The fraction of sp³-hybridized carbons (Fsp3) is 0.450. The van der Waals surface area contributed by atoms with Crippen LogP contribution in [0.1, 0.15) is 18.5 Å². The number of carbonyl (C=O) groups excluding carboxylic acids is 2. The minimum atomic E-state index is -0.832. The lowest BCUT2D eigenvalue weighted by molar-refractivity contribution is -0.119. The Kier molecular flexibility index (Phi) is 7.42. The van der Waals surface area contributed by atoms with Gasteiger partial charge in [0.15, 0.2) is 5.82 Å². The first kappa shape index (κ1) is 22.6. The molecule has 0 atom stereocenters. The molecule has 0 aliphatic carbocycles. The van der Waals surface area contributed by atoms with Gasteiger partial charge in [-0.25, -0.2) is 4.39 Å². The molecule has 0 saturated carbocycles. The number of pyridine rings is 1. The van der Waals surface area contributed by atoms with Crippen LogP contribution in [0.3, 0.4) is 0 Å². The molecule has 2 aromatic rings. The molecule has 0 spiro atoms. The van der Waals surface area contributed by atoms with E-state index in [1.54, 1.807) is 33.2 Å². The van der Waals surface area contributed by atoms with Gasteiger partial charge in [-0.2, -0.15) is 0 Å². The topological polar surface area (TPSA) is 132 Å². The molecule has 0 bridgehead atoms. The summed E-state index contributed by atoms with van der Waals surface area (Å²) in [5, 5.41) is 15.3. The summed E-state index contributed by atoms with van der Waals surface area (Å²) in [6, 6.07) is 5.55. The first-order chi connectivity index (χ1) is 16.0. The SMILES string of the molecule is O=C(CN1CC(F)C1)Nc1cn(CCCCN2C=C(C(=O)NCc3ccccn3)NN2)nn1. The smallest absolute Gasteiger partial charge is 0.270 e. The first-order valence-corrected chi connectivity index (χ1v) is 10.8. The molecule has 4 N–H and O–H groups in total. The fourth-order valence-electron chi connectivity index (χ4n) is 3.40. The Labute approximate surface area is 190 Å². The number of alkyl halides is 1. The minimum absolute atomic E-state index is 0.154. The Morgan fingerprint density at radius 2 is 2.06 bits per heavy atom. The predicted octanol–water partition coefficient (Wildman–Crippen LogP) is -0.472. The van der Waals surface area contributed by atoms with E-state index in [0.29, 0.717) is 44.2 Å². The zero-order valence-corrected chi connectivity index (χ0v) is 18.1. The lowest BCUT2D eigenvalue weighted by Crippen LogP contribution is -2.51. The molecular formula is C20H27FN10O2. The number of anilines is 1. The number of unbranched alkanes of at least 4 members (excludes halogenated alkanes) is 1. The molecule has 2 aliphatic heterocycles. The highest BCUT2D eigenvalue weighted by Crippen LogP contribution is 2.11. The summed E-state index contributed by atoms with van der Waals surface area (Å²) in [4.78, 5) is 30.1. The van der Waals surface area contributed by atoms with Gasteiger partial charge < -0.3 is 10.6 Å². The second-order valence-corrected chi connectivity index (χ2v) is 7.89. The third-order valence-electron chi connectivity index (χ3n) is 5.14. The van der Waals surface area contributed by atoms with Gasteiger partial charge in [-0.1, -0.05) is 11.3 Å².